The second kappa shape index (κ2) is 8.61. The summed E-state index contributed by atoms with van der Waals surface area (Å²) in [6, 6.07) is 27.3. The first kappa shape index (κ1) is 18.8. The molecule has 0 unspecified atom stereocenters. The number of esters is 1. The Hall–Kier alpha value is -3.59. The summed E-state index contributed by atoms with van der Waals surface area (Å²) in [6.45, 7) is 2.95. The third-order valence-electron chi connectivity index (χ3n) is 4.92. The highest BCUT2D eigenvalue weighted by molar-refractivity contribution is 5.94. The standard InChI is InChI=1S/C26H23NO2/c1-2-29-26(28)17-16-23-19-27(25-11-7-6-10-24(23)25)18-20-12-14-22(15-13-20)21-8-4-3-5-9-21/h3-17,19H,2,18H2,1H3. The highest BCUT2D eigenvalue weighted by Gasteiger charge is 2.07. The molecule has 3 nitrogen and oxygen atoms in total. The fraction of sp³-hybridized carbons (Fsp3) is 0.115. The van der Waals surface area contributed by atoms with Crippen LogP contribution in [0.3, 0.4) is 0 Å². The van der Waals surface area contributed by atoms with E-state index in [1.807, 2.05) is 24.3 Å². The number of ether oxygens (including phenoxy) is 1. The lowest BCUT2D eigenvalue weighted by Gasteiger charge is -2.07. The number of hydrogen-bond donors (Lipinski definition) is 0. The number of carbonyl (C=O) groups excluding carboxylic acids is 1. The van der Waals surface area contributed by atoms with E-state index in [0.717, 1.165) is 23.0 Å². The van der Waals surface area contributed by atoms with Gasteiger partial charge in [-0.15, -0.1) is 0 Å². The van der Waals surface area contributed by atoms with Crippen molar-refractivity contribution >= 4 is 22.9 Å². The van der Waals surface area contributed by atoms with Crippen LogP contribution in [0, 0.1) is 0 Å². The third kappa shape index (κ3) is 4.30. The Morgan fingerprint density at radius 1 is 0.897 bits per heavy atom. The molecule has 0 atom stereocenters. The largest absolute Gasteiger partial charge is 0.463 e. The smallest absolute Gasteiger partial charge is 0.330 e. The van der Waals surface area contributed by atoms with Gasteiger partial charge >= 0.3 is 5.97 Å². The third-order valence-corrected chi connectivity index (χ3v) is 4.92. The van der Waals surface area contributed by atoms with Crippen molar-refractivity contribution in [3.05, 3.63) is 102 Å². The topological polar surface area (TPSA) is 31.2 Å². The molecule has 0 bridgehead atoms. The number of carbonyl (C=O) groups is 1. The Labute approximate surface area is 170 Å². The molecule has 0 aliphatic rings. The minimum Gasteiger partial charge on any atom is -0.463 e. The van der Waals surface area contributed by atoms with Crippen molar-refractivity contribution in [2.75, 3.05) is 6.61 Å². The van der Waals surface area contributed by atoms with Crippen molar-refractivity contribution in [3.8, 4) is 11.1 Å². The second-order valence-electron chi connectivity index (χ2n) is 6.88. The molecule has 4 aromatic rings. The van der Waals surface area contributed by atoms with E-state index in [9.17, 15) is 4.79 Å². The Kier molecular flexibility index (Phi) is 5.57. The van der Waals surface area contributed by atoms with Crippen LogP contribution in [0.2, 0.25) is 0 Å². The number of para-hydroxylation sites is 1. The van der Waals surface area contributed by atoms with Crippen LogP contribution < -0.4 is 0 Å². The monoisotopic (exact) mass is 381 g/mol. The van der Waals surface area contributed by atoms with E-state index >= 15 is 0 Å². The van der Waals surface area contributed by atoms with E-state index in [-0.39, 0.29) is 5.97 Å². The van der Waals surface area contributed by atoms with Gasteiger partial charge in [-0.2, -0.15) is 0 Å². The molecule has 0 N–H and O–H groups in total. The maximum Gasteiger partial charge on any atom is 0.330 e. The van der Waals surface area contributed by atoms with Gasteiger partial charge in [-0.05, 0) is 35.8 Å². The first-order valence-electron chi connectivity index (χ1n) is 9.81. The summed E-state index contributed by atoms with van der Waals surface area (Å²) in [5.41, 5.74) is 5.81. The summed E-state index contributed by atoms with van der Waals surface area (Å²) in [4.78, 5) is 11.7. The number of benzene rings is 3. The van der Waals surface area contributed by atoms with Gasteiger partial charge in [0.05, 0.1) is 6.61 Å². The first-order valence-corrected chi connectivity index (χ1v) is 9.81. The molecular weight excluding hydrogens is 358 g/mol. The van der Waals surface area contributed by atoms with E-state index in [0.29, 0.717) is 6.61 Å². The molecule has 0 aliphatic carbocycles. The van der Waals surface area contributed by atoms with Gasteiger partial charge < -0.3 is 9.30 Å². The predicted octanol–water partition coefficient (Wildman–Crippen LogP) is 5.93. The fourth-order valence-electron chi connectivity index (χ4n) is 3.52. The van der Waals surface area contributed by atoms with Crippen LogP contribution in [0.1, 0.15) is 18.1 Å². The Morgan fingerprint density at radius 3 is 2.34 bits per heavy atom. The number of aromatic nitrogens is 1. The number of nitrogens with zero attached hydrogens (tertiary/aromatic N) is 1. The zero-order valence-electron chi connectivity index (χ0n) is 16.4. The number of fused-ring (bicyclic) bond motifs is 1. The minimum atomic E-state index is -0.319. The van der Waals surface area contributed by atoms with Crippen LogP contribution in [0.15, 0.2) is 91.1 Å². The van der Waals surface area contributed by atoms with Gasteiger partial charge in [0.25, 0.3) is 0 Å². The Morgan fingerprint density at radius 2 is 1.59 bits per heavy atom. The van der Waals surface area contributed by atoms with Gasteiger partial charge in [0.15, 0.2) is 0 Å². The van der Waals surface area contributed by atoms with E-state index in [4.69, 9.17) is 4.74 Å². The molecule has 0 spiro atoms. The van der Waals surface area contributed by atoms with Gasteiger partial charge in [0.2, 0.25) is 0 Å². The minimum absolute atomic E-state index is 0.319. The maximum atomic E-state index is 11.7. The number of rotatable bonds is 6. The SMILES string of the molecule is CCOC(=O)C=Cc1cn(Cc2ccc(-c3ccccc3)cc2)c2ccccc12. The zero-order chi connectivity index (χ0) is 20.1. The fourth-order valence-corrected chi connectivity index (χ4v) is 3.52. The average molecular weight is 381 g/mol. The summed E-state index contributed by atoms with van der Waals surface area (Å²) in [5.74, 6) is -0.319. The van der Waals surface area contributed by atoms with Gasteiger partial charge in [0.1, 0.15) is 0 Å². The molecule has 0 radical (unpaired) electrons. The van der Waals surface area contributed by atoms with Crippen molar-refractivity contribution < 1.29 is 9.53 Å². The van der Waals surface area contributed by atoms with Crippen molar-refractivity contribution in [1.82, 2.24) is 4.57 Å². The van der Waals surface area contributed by atoms with Gasteiger partial charge in [0, 0.05) is 35.3 Å². The molecule has 3 aromatic carbocycles. The molecule has 29 heavy (non-hydrogen) atoms. The second-order valence-corrected chi connectivity index (χ2v) is 6.88. The number of hydrogen-bond acceptors (Lipinski definition) is 2. The normalized spacial score (nSPS) is 11.2. The van der Waals surface area contributed by atoms with Crippen molar-refractivity contribution in [2.45, 2.75) is 13.5 Å². The van der Waals surface area contributed by atoms with Crippen LogP contribution in [0.4, 0.5) is 0 Å². The summed E-state index contributed by atoms with van der Waals surface area (Å²) in [6.07, 6.45) is 5.41. The Bertz CT molecular complexity index is 1140. The van der Waals surface area contributed by atoms with Crippen molar-refractivity contribution in [1.29, 1.82) is 0 Å². The summed E-state index contributed by atoms with van der Waals surface area (Å²) < 4.78 is 7.21. The quantitative estimate of drug-likeness (QED) is 0.306. The predicted molar refractivity (Wildman–Crippen MR) is 119 cm³/mol. The lowest BCUT2D eigenvalue weighted by Crippen LogP contribution is -1.98. The lowest BCUT2D eigenvalue weighted by molar-refractivity contribution is -0.137. The molecule has 3 heteroatoms. The molecule has 0 saturated carbocycles. The molecule has 0 fully saturated rings. The summed E-state index contributed by atoms with van der Waals surface area (Å²) >= 11 is 0. The summed E-state index contributed by atoms with van der Waals surface area (Å²) in [7, 11) is 0. The molecule has 0 amide bonds. The van der Waals surface area contributed by atoms with Crippen LogP contribution in [0.25, 0.3) is 28.1 Å². The maximum absolute atomic E-state index is 11.7. The van der Waals surface area contributed by atoms with Crippen LogP contribution >= 0.6 is 0 Å². The Balaban J connectivity index is 1.60. The van der Waals surface area contributed by atoms with E-state index < -0.39 is 0 Å². The van der Waals surface area contributed by atoms with E-state index in [2.05, 4.69) is 71.4 Å². The van der Waals surface area contributed by atoms with E-state index in [1.54, 1.807) is 6.92 Å². The highest BCUT2D eigenvalue weighted by atomic mass is 16.5. The van der Waals surface area contributed by atoms with Crippen LogP contribution in [0.5, 0.6) is 0 Å². The zero-order valence-corrected chi connectivity index (χ0v) is 16.4. The van der Waals surface area contributed by atoms with Gasteiger partial charge in [-0.1, -0.05) is 72.8 Å². The van der Waals surface area contributed by atoms with Crippen LogP contribution in [-0.4, -0.2) is 17.1 Å². The average Bonchev–Trinajstić information content (AvgIpc) is 3.11. The molecule has 1 aromatic heterocycles. The lowest BCUT2D eigenvalue weighted by atomic mass is 10.0. The van der Waals surface area contributed by atoms with Crippen molar-refractivity contribution in [3.63, 3.8) is 0 Å². The molecule has 0 saturated heterocycles. The highest BCUT2D eigenvalue weighted by Crippen LogP contribution is 2.25. The van der Waals surface area contributed by atoms with Crippen LogP contribution in [-0.2, 0) is 16.1 Å². The van der Waals surface area contributed by atoms with Gasteiger partial charge in [-0.3, -0.25) is 0 Å². The molecule has 0 aliphatic heterocycles. The van der Waals surface area contributed by atoms with E-state index in [1.165, 1.54) is 22.8 Å². The van der Waals surface area contributed by atoms with Crippen molar-refractivity contribution in [2.24, 2.45) is 0 Å². The molecule has 1 heterocycles. The molecule has 144 valence electrons. The first-order chi connectivity index (χ1) is 14.2. The molecule has 4 rings (SSSR count). The molecular formula is C26H23NO2. The van der Waals surface area contributed by atoms with Gasteiger partial charge in [-0.25, -0.2) is 4.79 Å². The summed E-state index contributed by atoms with van der Waals surface area (Å²) in [5, 5.41) is 1.12.